The van der Waals surface area contributed by atoms with Gasteiger partial charge in [-0.25, -0.2) is 13.4 Å². The number of hydrogen-bond donors (Lipinski definition) is 1. The summed E-state index contributed by atoms with van der Waals surface area (Å²) in [4.78, 5) is 4.62. The number of thiazole rings is 1. The number of benzene rings is 2. The molecule has 0 saturated heterocycles. The summed E-state index contributed by atoms with van der Waals surface area (Å²) in [5, 5.41) is 2.36. The number of hydrogen-bond acceptors (Lipinski definition) is 4. The number of rotatable bonds is 5. The van der Waals surface area contributed by atoms with Gasteiger partial charge in [-0.15, -0.1) is 11.3 Å². The van der Waals surface area contributed by atoms with Gasteiger partial charge in [0, 0.05) is 5.92 Å². The second-order valence-corrected chi connectivity index (χ2v) is 9.00. The molecule has 0 atom stereocenters. The zero-order valence-electron chi connectivity index (χ0n) is 13.8. The van der Waals surface area contributed by atoms with Crippen LogP contribution in [-0.4, -0.2) is 13.4 Å². The van der Waals surface area contributed by atoms with Crippen LogP contribution in [0.15, 0.2) is 47.9 Å². The van der Waals surface area contributed by atoms with Crippen LogP contribution in [0.5, 0.6) is 0 Å². The third kappa shape index (κ3) is 3.91. The Labute approximate surface area is 151 Å². The van der Waals surface area contributed by atoms with E-state index in [9.17, 15) is 8.42 Å². The molecule has 1 aliphatic rings. The van der Waals surface area contributed by atoms with Crippen molar-refractivity contribution < 1.29 is 8.42 Å². The first-order valence-corrected chi connectivity index (χ1v) is 10.5. The Kier molecular flexibility index (Phi) is 4.09. The lowest BCUT2D eigenvalue weighted by atomic mass is 10.2. The highest BCUT2D eigenvalue weighted by atomic mass is 32.2. The summed E-state index contributed by atoms with van der Waals surface area (Å²) in [7, 11) is -3.56. The highest BCUT2D eigenvalue weighted by Crippen LogP contribution is 2.43. The molecule has 128 valence electrons. The first-order valence-electron chi connectivity index (χ1n) is 8.17. The summed E-state index contributed by atoms with van der Waals surface area (Å²) < 4.78 is 28.2. The Bertz CT molecular complexity index is 1050. The van der Waals surface area contributed by atoms with Gasteiger partial charge in [0.15, 0.2) is 0 Å². The maximum Gasteiger partial charge on any atom is 0.255 e. The molecule has 2 aromatic carbocycles. The molecule has 3 aromatic rings. The van der Waals surface area contributed by atoms with Crippen molar-refractivity contribution in [3.8, 4) is 0 Å². The van der Waals surface area contributed by atoms with Crippen LogP contribution < -0.4 is 4.72 Å². The summed E-state index contributed by atoms with van der Waals surface area (Å²) in [5.41, 5.74) is 3.49. The van der Waals surface area contributed by atoms with Gasteiger partial charge in [0.1, 0.15) is 0 Å². The molecule has 25 heavy (non-hydrogen) atoms. The second kappa shape index (κ2) is 6.28. The number of nitrogens with zero attached hydrogens (tertiary/aromatic N) is 1. The SMILES string of the molecule is Cc1ccc(/C=C/S(=O)(=O)Nc2ccc3nc(C4CC4)sc3c2)cc1. The van der Waals surface area contributed by atoms with Crippen molar-refractivity contribution in [2.45, 2.75) is 25.7 Å². The minimum Gasteiger partial charge on any atom is -0.280 e. The van der Waals surface area contributed by atoms with Crippen molar-refractivity contribution in [2.75, 3.05) is 4.72 Å². The maximum atomic E-state index is 12.3. The highest BCUT2D eigenvalue weighted by molar-refractivity contribution is 7.95. The smallest absolute Gasteiger partial charge is 0.255 e. The lowest BCUT2D eigenvalue weighted by molar-refractivity contribution is 0.609. The zero-order chi connectivity index (χ0) is 17.4. The van der Waals surface area contributed by atoms with E-state index in [0.29, 0.717) is 11.6 Å². The predicted molar refractivity (Wildman–Crippen MR) is 104 cm³/mol. The van der Waals surface area contributed by atoms with E-state index in [1.807, 2.05) is 43.3 Å². The fourth-order valence-electron chi connectivity index (χ4n) is 2.55. The summed E-state index contributed by atoms with van der Waals surface area (Å²) in [6.07, 6.45) is 4.02. The Morgan fingerprint density at radius 1 is 1.16 bits per heavy atom. The molecule has 0 amide bonds. The van der Waals surface area contributed by atoms with Gasteiger partial charge >= 0.3 is 0 Å². The number of nitrogens with one attached hydrogen (secondary N) is 1. The predicted octanol–water partition coefficient (Wildman–Crippen LogP) is 4.89. The minimum atomic E-state index is -3.56. The van der Waals surface area contributed by atoms with E-state index in [1.165, 1.54) is 18.2 Å². The van der Waals surface area contributed by atoms with E-state index in [1.54, 1.807) is 23.5 Å². The number of anilines is 1. The molecule has 1 saturated carbocycles. The molecular formula is C19H18N2O2S2. The number of aromatic nitrogens is 1. The van der Waals surface area contributed by atoms with Gasteiger partial charge in [0.05, 0.1) is 26.3 Å². The lowest BCUT2D eigenvalue weighted by Gasteiger charge is -2.04. The monoisotopic (exact) mass is 370 g/mol. The molecule has 0 radical (unpaired) electrons. The summed E-state index contributed by atoms with van der Waals surface area (Å²) in [6, 6.07) is 13.2. The average Bonchev–Trinajstić information content (AvgIpc) is 3.34. The van der Waals surface area contributed by atoms with Crippen molar-refractivity contribution in [3.63, 3.8) is 0 Å². The van der Waals surface area contributed by atoms with Crippen molar-refractivity contribution in [1.29, 1.82) is 0 Å². The fourth-order valence-corrected chi connectivity index (χ4v) is 4.59. The van der Waals surface area contributed by atoms with E-state index < -0.39 is 10.0 Å². The highest BCUT2D eigenvalue weighted by Gasteiger charge is 2.27. The van der Waals surface area contributed by atoms with Gasteiger partial charge in [-0.2, -0.15) is 0 Å². The standard InChI is InChI=1S/C19H18N2O2S2/c1-13-2-4-14(5-3-13)10-11-25(22,23)21-16-8-9-17-18(12-16)24-19(20-17)15-6-7-15/h2-5,8-12,15,21H,6-7H2,1H3/b11-10+. The van der Waals surface area contributed by atoms with Crippen LogP contribution >= 0.6 is 11.3 Å². The molecule has 0 unspecified atom stereocenters. The van der Waals surface area contributed by atoms with Gasteiger partial charge in [-0.3, -0.25) is 4.72 Å². The normalized spacial score (nSPS) is 15.1. The molecule has 1 N–H and O–H groups in total. The molecule has 0 spiro atoms. The van der Waals surface area contributed by atoms with Crippen LogP contribution in [0.1, 0.15) is 34.9 Å². The van der Waals surface area contributed by atoms with E-state index in [0.717, 1.165) is 26.4 Å². The summed E-state index contributed by atoms with van der Waals surface area (Å²) in [5.74, 6) is 0.606. The minimum absolute atomic E-state index is 0.562. The van der Waals surface area contributed by atoms with Crippen LogP contribution in [0.3, 0.4) is 0 Å². The van der Waals surface area contributed by atoms with E-state index in [-0.39, 0.29) is 0 Å². The molecule has 0 aliphatic heterocycles. The topological polar surface area (TPSA) is 59.1 Å². The van der Waals surface area contributed by atoms with Crippen molar-refractivity contribution >= 4 is 43.3 Å². The van der Waals surface area contributed by atoms with Gasteiger partial charge in [-0.05, 0) is 49.6 Å². The van der Waals surface area contributed by atoms with Crippen LogP contribution in [0.4, 0.5) is 5.69 Å². The van der Waals surface area contributed by atoms with Crippen molar-refractivity contribution in [2.24, 2.45) is 0 Å². The van der Waals surface area contributed by atoms with Gasteiger partial charge in [0.25, 0.3) is 10.0 Å². The first kappa shape index (κ1) is 16.3. The van der Waals surface area contributed by atoms with E-state index >= 15 is 0 Å². The summed E-state index contributed by atoms with van der Waals surface area (Å²) >= 11 is 1.66. The Morgan fingerprint density at radius 3 is 2.64 bits per heavy atom. The van der Waals surface area contributed by atoms with Crippen LogP contribution in [0.2, 0.25) is 0 Å². The van der Waals surface area contributed by atoms with Gasteiger partial charge in [0.2, 0.25) is 0 Å². The van der Waals surface area contributed by atoms with Gasteiger partial charge in [-0.1, -0.05) is 29.8 Å². The molecule has 4 rings (SSSR count). The van der Waals surface area contributed by atoms with Crippen molar-refractivity contribution in [3.05, 3.63) is 64.0 Å². The molecule has 0 bridgehead atoms. The maximum absolute atomic E-state index is 12.3. The number of sulfonamides is 1. The third-order valence-corrected chi connectivity index (χ3v) is 6.30. The van der Waals surface area contributed by atoms with Gasteiger partial charge < -0.3 is 0 Å². The van der Waals surface area contributed by atoms with Crippen LogP contribution in [0, 0.1) is 6.92 Å². The molecule has 1 aromatic heterocycles. The lowest BCUT2D eigenvalue weighted by Crippen LogP contribution is -2.08. The molecular weight excluding hydrogens is 352 g/mol. The van der Waals surface area contributed by atoms with Crippen LogP contribution in [0.25, 0.3) is 16.3 Å². The third-order valence-electron chi connectivity index (χ3n) is 4.11. The van der Waals surface area contributed by atoms with Crippen molar-refractivity contribution in [1.82, 2.24) is 4.98 Å². The molecule has 4 nitrogen and oxygen atoms in total. The van der Waals surface area contributed by atoms with E-state index in [4.69, 9.17) is 0 Å². The van der Waals surface area contributed by atoms with E-state index in [2.05, 4.69) is 9.71 Å². The molecule has 6 heteroatoms. The quantitative estimate of drug-likeness (QED) is 0.695. The molecule has 1 fully saturated rings. The Balaban J connectivity index is 1.53. The molecule has 1 heterocycles. The second-order valence-electron chi connectivity index (χ2n) is 6.37. The Hall–Kier alpha value is -2.18. The average molecular weight is 370 g/mol. The summed E-state index contributed by atoms with van der Waals surface area (Å²) in [6.45, 7) is 2.00. The molecule has 1 aliphatic carbocycles. The first-order chi connectivity index (χ1) is 12.0. The number of fused-ring (bicyclic) bond motifs is 1. The largest absolute Gasteiger partial charge is 0.280 e. The fraction of sp³-hybridized carbons (Fsp3) is 0.211. The number of aryl methyl sites for hydroxylation is 1. The zero-order valence-corrected chi connectivity index (χ0v) is 15.4. The Morgan fingerprint density at radius 2 is 1.92 bits per heavy atom. The van der Waals surface area contributed by atoms with Crippen LogP contribution in [-0.2, 0) is 10.0 Å².